The van der Waals surface area contributed by atoms with Gasteiger partial charge in [0.1, 0.15) is 10.7 Å². The van der Waals surface area contributed by atoms with E-state index in [1.54, 1.807) is 11.3 Å². The van der Waals surface area contributed by atoms with E-state index in [1.807, 2.05) is 53.4 Å². The van der Waals surface area contributed by atoms with Crippen molar-refractivity contribution in [2.45, 2.75) is 31.7 Å². The molecule has 1 fully saturated rings. The van der Waals surface area contributed by atoms with Gasteiger partial charge in [0, 0.05) is 19.4 Å². The summed E-state index contributed by atoms with van der Waals surface area (Å²) in [6.45, 7) is 0.692. The number of hydrazone groups is 1. The van der Waals surface area contributed by atoms with Gasteiger partial charge in [-0.3, -0.25) is 9.59 Å². The second-order valence-corrected chi connectivity index (χ2v) is 8.33. The van der Waals surface area contributed by atoms with E-state index in [0.29, 0.717) is 30.8 Å². The third-order valence-electron chi connectivity index (χ3n) is 5.39. The fourth-order valence-electron chi connectivity index (χ4n) is 3.94. The minimum atomic E-state index is -0.0862. The fraction of sp³-hybridized carbons (Fsp3) is 0.273. The van der Waals surface area contributed by atoms with Crippen LogP contribution in [-0.4, -0.2) is 34.0 Å². The molecule has 0 spiro atoms. The Labute approximate surface area is 172 Å². The molecule has 0 aliphatic carbocycles. The fourth-order valence-corrected chi connectivity index (χ4v) is 5.06. The standard InChI is InChI=1S/C22H20N4O2S/c27-20-13-12-17(24-26(20)15-7-2-1-3-8-15)22(28)25-14-6-10-18(25)21-23-16-9-4-5-11-19(16)29-21/h1-5,7-9,11,18H,6,10,12-14H2/t18-/m0/s1. The Bertz CT molecular complexity index is 1080. The van der Waals surface area contributed by atoms with Crippen molar-refractivity contribution in [3.63, 3.8) is 0 Å². The number of hydrogen-bond donors (Lipinski definition) is 0. The number of amides is 2. The van der Waals surface area contributed by atoms with Crippen LogP contribution < -0.4 is 5.01 Å². The van der Waals surface area contributed by atoms with Crippen molar-refractivity contribution in [2.75, 3.05) is 11.6 Å². The normalized spacial score (nSPS) is 19.7. The molecule has 5 rings (SSSR count). The van der Waals surface area contributed by atoms with E-state index in [-0.39, 0.29) is 17.9 Å². The Morgan fingerprint density at radius 1 is 1.03 bits per heavy atom. The van der Waals surface area contributed by atoms with E-state index in [0.717, 1.165) is 28.1 Å². The van der Waals surface area contributed by atoms with Gasteiger partial charge in [-0.05, 0) is 37.1 Å². The predicted octanol–water partition coefficient (Wildman–Crippen LogP) is 4.14. The maximum absolute atomic E-state index is 13.3. The maximum Gasteiger partial charge on any atom is 0.270 e. The SMILES string of the molecule is O=C1CCC(C(=O)N2CCC[C@H]2c2nc3ccccc3s2)=NN1c1ccccc1. The van der Waals surface area contributed by atoms with Crippen molar-refractivity contribution in [1.82, 2.24) is 9.88 Å². The van der Waals surface area contributed by atoms with Gasteiger partial charge in [-0.1, -0.05) is 30.3 Å². The van der Waals surface area contributed by atoms with Crippen LogP contribution in [0.1, 0.15) is 36.7 Å². The number of hydrogen-bond acceptors (Lipinski definition) is 5. The molecule has 1 saturated heterocycles. The summed E-state index contributed by atoms with van der Waals surface area (Å²) in [6.07, 6.45) is 2.52. The number of rotatable bonds is 3. The molecular formula is C22H20N4O2S. The molecule has 0 radical (unpaired) electrons. The number of anilines is 1. The first kappa shape index (κ1) is 18.0. The Morgan fingerprint density at radius 2 is 1.83 bits per heavy atom. The summed E-state index contributed by atoms with van der Waals surface area (Å²) in [5, 5.41) is 6.78. The second-order valence-electron chi connectivity index (χ2n) is 7.26. The Hall–Kier alpha value is -3.06. The molecule has 6 nitrogen and oxygen atoms in total. The van der Waals surface area contributed by atoms with E-state index in [2.05, 4.69) is 11.2 Å². The smallest absolute Gasteiger partial charge is 0.270 e. The monoisotopic (exact) mass is 404 g/mol. The lowest BCUT2D eigenvalue weighted by Gasteiger charge is -2.27. The minimum Gasteiger partial charge on any atom is -0.328 e. The van der Waals surface area contributed by atoms with E-state index in [1.165, 1.54) is 5.01 Å². The molecule has 1 atom stereocenters. The van der Waals surface area contributed by atoms with E-state index in [4.69, 9.17) is 4.98 Å². The molecule has 2 aromatic carbocycles. The summed E-state index contributed by atoms with van der Waals surface area (Å²) in [5.74, 6) is -0.169. The Kier molecular flexibility index (Phi) is 4.60. The van der Waals surface area contributed by atoms with Crippen molar-refractivity contribution >= 4 is 44.8 Å². The number of thiazole rings is 1. The van der Waals surface area contributed by atoms with Gasteiger partial charge in [0.15, 0.2) is 0 Å². The zero-order valence-electron chi connectivity index (χ0n) is 15.8. The minimum absolute atomic E-state index is 0.0228. The lowest BCUT2D eigenvalue weighted by Crippen LogP contribution is -2.41. The molecule has 1 aromatic heterocycles. The number of para-hydroxylation sites is 2. The van der Waals surface area contributed by atoms with Crippen LogP contribution in [0.4, 0.5) is 5.69 Å². The molecule has 7 heteroatoms. The van der Waals surface area contributed by atoms with Crippen LogP contribution in [-0.2, 0) is 9.59 Å². The van der Waals surface area contributed by atoms with Crippen LogP contribution in [0.3, 0.4) is 0 Å². The topological polar surface area (TPSA) is 65.9 Å². The van der Waals surface area contributed by atoms with Gasteiger partial charge in [0.25, 0.3) is 5.91 Å². The highest BCUT2D eigenvalue weighted by atomic mass is 32.1. The number of fused-ring (bicyclic) bond motifs is 1. The molecule has 0 bridgehead atoms. The quantitative estimate of drug-likeness (QED) is 0.659. The van der Waals surface area contributed by atoms with Crippen LogP contribution >= 0.6 is 11.3 Å². The van der Waals surface area contributed by atoms with Crippen LogP contribution in [0.25, 0.3) is 10.2 Å². The molecule has 3 heterocycles. The van der Waals surface area contributed by atoms with Crippen molar-refractivity contribution < 1.29 is 9.59 Å². The van der Waals surface area contributed by atoms with Crippen LogP contribution in [0.15, 0.2) is 59.7 Å². The lowest BCUT2D eigenvalue weighted by molar-refractivity contribution is -0.125. The summed E-state index contributed by atoms with van der Waals surface area (Å²) in [5.41, 5.74) is 2.11. The third-order valence-corrected chi connectivity index (χ3v) is 6.53. The summed E-state index contributed by atoms with van der Waals surface area (Å²) in [6, 6.07) is 17.3. The number of benzene rings is 2. The van der Waals surface area contributed by atoms with Gasteiger partial charge in [-0.2, -0.15) is 5.10 Å². The molecule has 146 valence electrons. The van der Waals surface area contributed by atoms with Gasteiger partial charge < -0.3 is 4.90 Å². The van der Waals surface area contributed by atoms with Crippen molar-refractivity contribution in [1.29, 1.82) is 0 Å². The Morgan fingerprint density at radius 3 is 2.66 bits per heavy atom. The molecule has 0 N–H and O–H groups in total. The van der Waals surface area contributed by atoms with Crippen molar-refractivity contribution in [3.05, 3.63) is 59.6 Å². The van der Waals surface area contributed by atoms with E-state index >= 15 is 0 Å². The molecule has 2 aliphatic rings. The number of nitrogens with zero attached hydrogens (tertiary/aromatic N) is 4. The largest absolute Gasteiger partial charge is 0.328 e. The number of carbonyl (C=O) groups is 2. The lowest BCUT2D eigenvalue weighted by atomic mass is 10.1. The van der Waals surface area contributed by atoms with E-state index in [9.17, 15) is 9.59 Å². The summed E-state index contributed by atoms with van der Waals surface area (Å²) in [7, 11) is 0. The summed E-state index contributed by atoms with van der Waals surface area (Å²) < 4.78 is 1.14. The Balaban J connectivity index is 1.43. The molecular weight excluding hydrogens is 384 g/mol. The predicted molar refractivity (Wildman–Crippen MR) is 114 cm³/mol. The first-order valence-electron chi connectivity index (χ1n) is 9.82. The van der Waals surface area contributed by atoms with Gasteiger partial charge in [-0.25, -0.2) is 9.99 Å². The molecule has 0 saturated carbocycles. The van der Waals surface area contributed by atoms with Gasteiger partial charge in [0.05, 0.1) is 21.9 Å². The highest BCUT2D eigenvalue weighted by molar-refractivity contribution is 7.18. The zero-order chi connectivity index (χ0) is 19.8. The van der Waals surface area contributed by atoms with E-state index < -0.39 is 0 Å². The molecule has 29 heavy (non-hydrogen) atoms. The zero-order valence-corrected chi connectivity index (χ0v) is 16.6. The highest BCUT2D eigenvalue weighted by Crippen LogP contribution is 2.37. The number of carbonyl (C=O) groups excluding carboxylic acids is 2. The number of likely N-dealkylation sites (tertiary alicyclic amines) is 1. The molecule has 2 amide bonds. The first-order valence-corrected chi connectivity index (χ1v) is 10.6. The molecule has 0 unspecified atom stereocenters. The average molecular weight is 404 g/mol. The van der Waals surface area contributed by atoms with Crippen LogP contribution in [0.5, 0.6) is 0 Å². The molecule has 3 aromatic rings. The summed E-state index contributed by atoms with van der Waals surface area (Å²) >= 11 is 1.65. The first-order chi connectivity index (χ1) is 14.2. The third kappa shape index (κ3) is 3.31. The highest BCUT2D eigenvalue weighted by Gasteiger charge is 2.36. The van der Waals surface area contributed by atoms with Crippen molar-refractivity contribution in [3.8, 4) is 0 Å². The van der Waals surface area contributed by atoms with Gasteiger partial charge in [0.2, 0.25) is 5.91 Å². The maximum atomic E-state index is 13.3. The second kappa shape index (κ2) is 7.40. The van der Waals surface area contributed by atoms with Crippen LogP contribution in [0.2, 0.25) is 0 Å². The number of aromatic nitrogens is 1. The van der Waals surface area contributed by atoms with Crippen LogP contribution in [0, 0.1) is 0 Å². The summed E-state index contributed by atoms with van der Waals surface area (Å²) in [4.78, 5) is 32.3. The molecule has 2 aliphatic heterocycles. The van der Waals surface area contributed by atoms with Crippen molar-refractivity contribution in [2.24, 2.45) is 5.10 Å². The van der Waals surface area contributed by atoms with Gasteiger partial charge in [-0.15, -0.1) is 11.3 Å². The van der Waals surface area contributed by atoms with Gasteiger partial charge >= 0.3 is 0 Å². The average Bonchev–Trinajstić information content (AvgIpc) is 3.41.